The molecule has 10 nitrogen and oxygen atoms in total. The summed E-state index contributed by atoms with van der Waals surface area (Å²) in [6.07, 6.45) is 0.921. The Kier molecular flexibility index (Phi) is 7.03. The first-order valence-electron chi connectivity index (χ1n) is 11.5. The Morgan fingerprint density at radius 1 is 1.38 bits per heavy atom. The number of aromatic nitrogens is 1. The number of ether oxygens (including phenoxy) is 2. The van der Waals surface area contributed by atoms with E-state index in [1.54, 1.807) is 13.2 Å². The molecule has 10 heteroatoms. The third-order valence-corrected chi connectivity index (χ3v) is 6.46. The van der Waals surface area contributed by atoms with Crippen molar-refractivity contribution in [3.05, 3.63) is 30.0 Å². The van der Waals surface area contributed by atoms with Crippen molar-refractivity contribution in [2.45, 2.75) is 44.4 Å². The molecule has 3 amide bonds. The summed E-state index contributed by atoms with van der Waals surface area (Å²) < 4.78 is 11.1. The summed E-state index contributed by atoms with van der Waals surface area (Å²) in [5.41, 5.74) is 1.09. The first-order valence-corrected chi connectivity index (χ1v) is 11.5. The number of benzene rings is 1. The van der Waals surface area contributed by atoms with Gasteiger partial charge < -0.3 is 30.0 Å². The molecule has 0 aliphatic carbocycles. The lowest BCUT2D eigenvalue weighted by Gasteiger charge is -2.24. The predicted molar refractivity (Wildman–Crippen MR) is 123 cm³/mol. The molecule has 0 spiro atoms. The minimum atomic E-state index is -0.818. The fourth-order valence-corrected chi connectivity index (χ4v) is 4.77. The Hall–Kier alpha value is -3.58. The van der Waals surface area contributed by atoms with Crippen molar-refractivity contribution >= 4 is 28.6 Å². The van der Waals surface area contributed by atoms with E-state index in [-0.39, 0.29) is 36.8 Å². The largest absolute Gasteiger partial charge is 0.496 e. The maximum Gasteiger partial charge on any atom is 0.271 e. The van der Waals surface area contributed by atoms with Gasteiger partial charge in [-0.15, -0.1) is 0 Å². The van der Waals surface area contributed by atoms with Gasteiger partial charge in [-0.25, -0.2) is 0 Å². The fraction of sp³-hybridized carbons (Fsp3) is 0.500. The molecule has 1 aromatic carbocycles. The number of fused-ring (bicyclic) bond motifs is 1. The van der Waals surface area contributed by atoms with Crippen LogP contribution in [0.25, 0.3) is 10.9 Å². The second-order valence-corrected chi connectivity index (χ2v) is 8.59. The molecule has 0 bridgehead atoms. The van der Waals surface area contributed by atoms with Crippen molar-refractivity contribution in [2.75, 3.05) is 26.8 Å². The fourth-order valence-electron chi connectivity index (χ4n) is 4.77. The number of nitrogens with one attached hydrogen (secondary N) is 3. The molecule has 4 rings (SSSR count). The van der Waals surface area contributed by atoms with E-state index in [2.05, 4.69) is 21.7 Å². The maximum atomic E-state index is 13.5. The third-order valence-electron chi connectivity index (χ3n) is 6.46. The molecule has 2 aliphatic heterocycles. The average molecular weight is 468 g/mol. The number of likely N-dealkylation sites (tertiary alicyclic amines) is 1. The van der Waals surface area contributed by atoms with Crippen LogP contribution in [0.3, 0.4) is 0 Å². The minimum Gasteiger partial charge on any atom is -0.496 e. The summed E-state index contributed by atoms with van der Waals surface area (Å²) in [7, 11) is 1.57. The summed E-state index contributed by atoms with van der Waals surface area (Å²) in [6, 6.07) is 7.69. The maximum absolute atomic E-state index is 13.5. The summed E-state index contributed by atoms with van der Waals surface area (Å²) in [4.78, 5) is 43.1. The third kappa shape index (κ3) is 4.70. The van der Waals surface area contributed by atoms with Crippen molar-refractivity contribution in [2.24, 2.45) is 5.92 Å². The quantitative estimate of drug-likeness (QED) is 0.536. The van der Waals surface area contributed by atoms with Gasteiger partial charge in [0, 0.05) is 42.9 Å². The normalized spacial score (nSPS) is 22.9. The Balaban J connectivity index is 1.53. The van der Waals surface area contributed by atoms with E-state index in [1.807, 2.05) is 25.1 Å². The summed E-state index contributed by atoms with van der Waals surface area (Å²) in [5.74, 6) is -0.511. The first kappa shape index (κ1) is 23.6. The zero-order valence-electron chi connectivity index (χ0n) is 19.3. The molecule has 2 fully saturated rings. The summed E-state index contributed by atoms with van der Waals surface area (Å²) in [5, 5.41) is 15.8. The van der Waals surface area contributed by atoms with E-state index in [0.29, 0.717) is 37.4 Å². The van der Waals surface area contributed by atoms with Crippen LogP contribution in [-0.4, -0.2) is 72.6 Å². The molecule has 1 aromatic heterocycles. The second-order valence-electron chi connectivity index (χ2n) is 8.59. The van der Waals surface area contributed by atoms with Gasteiger partial charge in [0.05, 0.1) is 19.3 Å². The molecular formula is C24H29N5O5. The van der Waals surface area contributed by atoms with Gasteiger partial charge in [0.1, 0.15) is 23.5 Å². The number of carbonyl (C=O) groups is 3. The molecule has 4 atom stereocenters. The second kappa shape index (κ2) is 10.1. The number of carbonyl (C=O) groups excluding carboxylic acids is 3. The van der Waals surface area contributed by atoms with Crippen LogP contribution in [-0.2, 0) is 14.3 Å². The molecule has 34 heavy (non-hydrogen) atoms. The highest BCUT2D eigenvalue weighted by molar-refractivity contribution is 6.01. The molecular weight excluding hydrogens is 438 g/mol. The molecule has 180 valence electrons. The van der Waals surface area contributed by atoms with Crippen LogP contribution in [0.15, 0.2) is 24.3 Å². The number of nitriles is 1. The molecule has 1 unspecified atom stereocenters. The Morgan fingerprint density at radius 3 is 2.88 bits per heavy atom. The Labute approximate surface area is 197 Å². The van der Waals surface area contributed by atoms with Gasteiger partial charge in [-0.3, -0.25) is 14.4 Å². The van der Waals surface area contributed by atoms with Gasteiger partial charge in [0.2, 0.25) is 11.8 Å². The number of hydrogen-bond acceptors (Lipinski definition) is 6. The van der Waals surface area contributed by atoms with Gasteiger partial charge >= 0.3 is 0 Å². The smallest absolute Gasteiger partial charge is 0.271 e. The molecule has 0 radical (unpaired) electrons. The van der Waals surface area contributed by atoms with E-state index in [9.17, 15) is 19.6 Å². The van der Waals surface area contributed by atoms with E-state index in [0.717, 1.165) is 10.9 Å². The van der Waals surface area contributed by atoms with Crippen LogP contribution in [0.4, 0.5) is 0 Å². The molecule has 3 heterocycles. The zero-order chi connectivity index (χ0) is 24.2. The lowest BCUT2D eigenvalue weighted by atomic mass is 9.99. The van der Waals surface area contributed by atoms with E-state index in [4.69, 9.17) is 9.47 Å². The van der Waals surface area contributed by atoms with Crippen LogP contribution >= 0.6 is 0 Å². The van der Waals surface area contributed by atoms with Crippen molar-refractivity contribution < 1.29 is 23.9 Å². The van der Waals surface area contributed by atoms with Crippen molar-refractivity contribution in [1.29, 1.82) is 5.26 Å². The summed E-state index contributed by atoms with van der Waals surface area (Å²) in [6.45, 7) is 3.16. The van der Waals surface area contributed by atoms with Crippen LogP contribution in [0.1, 0.15) is 36.7 Å². The topological polar surface area (TPSA) is 137 Å². The highest BCUT2D eigenvalue weighted by Gasteiger charge is 2.41. The minimum absolute atomic E-state index is 0.0992. The van der Waals surface area contributed by atoms with Gasteiger partial charge in [0.25, 0.3) is 5.91 Å². The van der Waals surface area contributed by atoms with Crippen LogP contribution in [0.5, 0.6) is 5.75 Å². The number of H-pyrrole nitrogens is 1. The van der Waals surface area contributed by atoms with Gasteiger partial charge in [-0.1, -0.05) is 6.07 Å². The molecule has 3 N–H and O–H groups in total. The van der Waals surface area contributed by atoms with Crippen LogP contribution < -0.4 is 15.4 Å². The molecule has 2 saturated heterocycles. The van der Waals surface area contributed by atoms with Gasteiger partial charge in [0.15, 0.2) is 0 Å². The number of amides is 3. The van der Waals surface area contributed by atoms with Crippen LogP contribution in [0.2, 0.25) is 0 Å². The highest BCUT2D eigenvalue weighted by atomic mass is 16.5. The predicted octanol–water partition coefficient (Wildman–Crippen LogP) is 1.33. The van der Waals surface area contributed by atoms with E-state index >= 15 is 0 Å². The standard InChI is InChI=1S/C24H29N5O5/c1-3-34-16-10-20(23(31)27-15(12-25)9-14-7-8-26-22(14)30)29(13-16)24(32)19-11-17-18(28-19)5-4-6-21(17)33-2/h4-6,11,14-16,20,28H,3,7-10,13H2,1-2H3,(H,26,30)(H,27,31)/t14-,15-,16+,20?/m0/s1. The van der Waals surface area contributed by atoms with Crippen molar-refractivity contribution in [3.63, 3.8) is 0 Å². The Bertz CT molecular complexity index is 1120. The van der Waals surface area contributed by atoms with Crippen LogP contribution in [0, 0.1) is 17.2 Å². The lowest BCUT2D eigenvalue weighted by molar-refractivity contribution is -0.126. The number of methoxy groups -OCH3 is 1. The monoisotopic (exact) mass is 467 g/mol. The number of rotatable bonds is 8. The highest BCUT2D eigenvalue weighted by Crippen LogP contribution is 2.29. The number of nitrogens with zero attached hydrogens (tertiary/aromatic N) is 2. The first-order chi connectivity index (χ1) is 16.4. The van der Waals surface area contributed by atoms with Gasteiger partial charge in [-0.05, 0) is 38.0 Å². The van der Waals surface area contributed by atoms with Gasteiger partial charge in [-0.2, -0.15) is 5.26 Å². The molecule has 0 saturated carbocycles. The average Bonchev–Trinajstić information content (AvgIpc) is 3.56. The zero-order valence-corrected chi connectivity index (χ0v) is 19.3. The number of aromatic amines is 1. The molecule has 2 aliphatic rings. The van der Waals surface area contributed by atoms with E-state index in [1.165, 1.54) is 4.90 Å². The summed E-state index contributed by atoms with van der Waals surface area (Å²) >= 11 is 0. The number of hydrogen-bond donors (Lipinski definition) is 3. The van der Waals surface area contributed by atoms with E-state index < -0.39 is 18.0 Å². The van der Waals surface area contributed by atoms with Crippen molar-refractivity contribution in [1.82, 2.24) is 20.5 Å². The molecule has 2 aromatic rings. The SMILES string of the molecule is CCO[C@@H]1CC(C(=O)N[C@H](C#N)C[C@@H]2CCNC2=O)N(C(=O)c2cc3c(OC)cccc3[nH]2)C1. The lowest BCUT2D eigenvalue weighted by Crippen LogP contribution is -2.49. The van der Waals surface area contributed by atoms with Crippen molar-refractivity contribution in [3.8, 4) is 11.8 Å². The Morgan fingerprint density at radius 2 is 2.21 bits per heavy atom.